The second kappa shape index (κ2) is 14.0. The van der Waals surface area contributed by atoms with E-state index in [1.165, 1.54) is 31.4 Å². The van der Waals surface area contributed by atoms with Gasteiger partial charge in [0.15, 0.2) is 16.6 Å². The number of carbonyl (C=O) groups is 2. The Morgan fingerprint density at radius 2 is 1.83 bits per heavy atom. The van der Waals surface area contributed by atoms with Crippen LogP contribution in [0.25, 0.3) is 22.4 Å². The first-order valence-electron chi connectivity index (χ1n) is 14.9. The second-order valence-corrected chi connectivity index (χ2v) is 12.1. The fourth-order valence-electron chi connectivity index (χ4n) is 5.69. The largest absolute Gasteiger partial charge is 0.493 e. The van der Waals surface area contributed by atoms with E-state index in [1.54, 1.807) is 32.7 Å². The summed E-state index contributed by atoms with van der Waals surface area (Å²) in [4.78, 5) is 48.3. The van der Waals surface area contributed by atoms with E-state index in [-0.39, 0.29) is 28.8 Å². The van der Waals surface area contributed by atoms with Gasteiger partial charge in [-0.2, -0.15) is 0 Å². The average molecular weight is 644 g/mol. The molecule has 5 rings (SSSR count). The van der Waals surface area contributed by atoms with Crippen LogP contribution in [-0.2, 0) is 16.0 Å². The van der Waals surface area contributed by atoms with E-state index < -0.39 is 12.1 Å². The van der Waals surface area contributed by atoms with Crippen molar-refractivity contribution in [1.82, 2.24) is 15.3 Å². The van der Waals surface area contributed by atoms with Crippen LogP contribution in [0.2, 0.25) is 0 Å². The molecule has 0 unspecified atom stereocenters. The molecule has 12 heteroatoms. The number of aromatic nitrogens is 2. The van der Waals surface area contributed by atoms with Gasteiger partial charge in [-0.1, -0.05) is 19.9 Å². The summed E-state index contributed by atoms with van der Waals surface area (Å²) in [5.74, 6) is 0.684. The van der Waals surface area contributed by atoms with E-state index in [0.29, 0.717) is 52.0 Å². The van der Waals surface area contributed by atoms with E-state index in [9.17, 15) is 14.4 Å². The summed E-state index contributed by atoms with van der Waals surface area (Å²) in [5, 5.41) is 11.4. The molecule has 3 N–H and O–H groups in total. The van der Waals surface area contributed by atoms with Gasteiger partial charge in [0.25, 0.3) is 0 Å². The predicted molar refractivity (Wildman–Crippen MR) is 179 cm³/mol. The minimum absolute atomic E-state index is 0.176. The molecule has 0 aliphatic heterocycles. The molecule has 0 spiro atoms. The van der Waals surface area contributed by atoms with Crippen molar-refractivity contribution in [3.05, 3.63) is 75.5 Å². The Balaban J connectivity index is 1.54. The maximum absolute atomic E-state index is 13.8. The van der Waals surface area contributed by atoms with Crippen LogP contribution in [0, 0.1) is 5.92 Å². The SMILES string of the molecule is COc1cc2c(c(OC)c1OC)-c1ccc(N[C@H](C(=O)Nc3nc(-c4cccnc4)cs3)C(C)C)c(=O)cc1[C@@H](NC(C)=O)CC2. The van der Waals surface area contributed by atoms with E-state index >= 15 is 0 Å². The number of hydrogen-bond donors (Lipinski definition) is 3. The summed E-state index contributed by atoms with van der Waals surface area (Å²) in [6.45, 7) is 5.25. The number of fused-ring (bicyclic) bond motifs is 3. The van der Waals surface area contributed by atoms with Crippen LogP contribution in [0.4, 0.5) is 10.8 Å². The van der Waals surface area contributed by atoms with E-state index in [0.717, 1.165) is 16.7 Å². The molecule has 0 radical (unpaired) electrons. The quantitative estimate of drug-likeness (QED) is 0.206. The minimum Gasteiger partial charge on any atom is -0.493 e. The Bertz CT molecular complexity index is 1810. The maximum Gasteiger partial charge on any atom is 0.248 e. The Hall–Kier alpha value is -4.97. The van der Waals surface area contributed by atoms with Crippen LogP contribution in [0.15, 0.2) is 59.0 Å². The number of hydrogen-bond acceptors (Lipinski definition) is 10. The molecule has 0 saturated carbocycles. The smallest absolute Gasteiger partial charge is 0.248 e. The highest BCUT2D eigenvalue weighted by Gasteiger charge is 2.30. The average Bonchev–Trinajstić information content (AvgIpc) is 3.38. The molecule has 240 valence electrons. The normalized spacial score (nSPS) is 14.3. The van der Waals surface area contributed by atoms with E-state index in [2.05, 4.69) is 25.9 Å². The number of pyridine rings is 1. The minimum atomic E-state index is -0.752. The van der Waals surface area contributed by atoms with Gasteiger partial charge in [0, 0.05) is 35.8 Å². The van der Waals surface area contributed by atoms with E-state index in [4.69, 9.17) is 14.2 Å². The van der Waals surface area contributed by atoms with Crippen LogP contribution in [0.3, 0.4) is 0 Å². The highest BCUT2D eigenvalue weighted by atomic mass is 32.1. The summed E-state index contributed by atoms with van der Waals surface area (Å²) < 4.78 is 17.1. The molecule has 2 atom stereocenters. The Morgan fingerprint density at radius 1 is 1.04 bits per heavy atom. The molecule has 4 aromatic rings. The number of anilines is 2. The maximum atomic E-state index is 13.8. The summed E-state index contributed by atoms with van der Waals surface area (Å²) in [6, 6.07) is 9.45. The zero-order valence-electron chi connectivity index (χ0n) is 26.6. The Morgan fingerprint density at radius 3 is 2.48 bits per heavy atom. The van der Waals surface area contributed by atoms with Gasteiger partial charge >= 0.3 is 0 Å². The van der Waals surface area contributed by atoms with Gasteiger partial charge in [-0.25, -0.2) is 4.98 Å². The van der Waals surface area contributed by atoms with Gasteiger partial charge in [0.05, 0.1) is 38.8 Å². The molecule has 46 heavy (non-hydrogen) atoms. The first-order valence-corrected chi connectivity index (χ1v) is 15.7. The van der Waals surface area contributed by atoms with Gasteiger partial charge in [0.1, 0.15) is 6.04 Å². The topological polar surface area (TPSA) is 141 Å². The molecule has 2 amide bonds. The number of aryl methyl sites for hydroxylation is 1. The lowest BCUT2D eigenvalue weighted by Crippen LogP contribution is -2.39. The number of ether oxygens (including phenoxy) is 3. The second-order valence-electron chi connectivity index (χ2n) is 11.2. The summed E-state index contributed by atoms with van der Waals surface area (Å²) in [6.07, 6.45) is 4.52. The summed E-state index contributed by atoms with van der Waals surface area (Å²) >= 11 is 1.31. The highest BCUT2D eigenvalue weighted by Crippen LogP contribution is 2.50. The van der Waals surface area contributed by atoms with Crippen LogP contribution in [0.5, 0.6) is 17.2 Å². The standard InChI is InChI=1S/C34H37N5O6S/c1-18(2)30(33(42)39-34-38-26(17-46-34)21-8-7-13-35-16-21)37-25-12-10-22-23(15-27(25)41)24(36-19(3)40)11-9-20-14-28(43-4)31(44-5)32(45-6)29(20)22/h7-8,10,12-18,24,30H,9,11H2,1-6H3,(H,36,40)(H,37,41)(H,38,39,42)/t24-,30-/m0/s1. The number of carbonyl (C=O) groups excluding carboxylic acids is 2. The lowest BCUT2D eigenvalue weighted by atomic mass is 9.95. The third-order valence-electron chi connectivity index (χ3n) is 7.87. The van der Waals surface area contributed by atoms with Crippen molar-refractivity contribution in [1.29, 1.82) is 0 Å². The van der Waals surface area contributed by atoms with Crippen LogP contribution >= 0.6 is 11.3 Å². The van der Waals surface area contributed by atoms with Gasteiger partial charge in [-0.3, -0.25) is 19.4 Å². The summed E-state index contributed by atoms with van der Waals surface area (Å²) in [7, 11) is 4.65. The molecule has 1 aliphatic carbocycles. The molecule has 2 heterocycles. The lowest BCUT2D eigenvalue weighted by molar-refractivity contribution is -0.120. The zero-order chi connectivity index (χ0) is 33.0. The highest BCUT2D eigenvalue weighted by molar-refractivity contribution is 7.14. The van der Waals surface area contributed by atoms with Gasteiger partial charge in [-0.05, 0) is 65.8 Å². The molecule has 0 bridgehead atoms. The van der Waals surface area contributed by atoms with Crippen molar-refractivity contribution < 1.29 is 23.8 Å². The zero-order valence-corrected chi connectivity index (χ0v) is 27.4. The number of methoxy groups -OCH3 is 3. The van der Waals surface area contributed by atoms with Crippen molar-refractivity contribution in [3.8, 4) is 39.6 Å². The number of benzene rings is 1. The third kappa shape index (κ3) is 6.66. The number of nitrogens with zero attached hydrogens (tertiary/aromatic N) is 2. The Labute approximate surface area is 271 Å². The first kappa shape index (κ1) is 32.4. The fraction of sp³-hybridized carbons (Fsp3) is 0.324. The molecular formula is C34H37N5O6S. The van der Waals surface area contributed by atoms with Gasteiger partial charge < -0.3 is 30.2 Å². The number of amides is 2. The Kier molecular flexibility index (Phi) is 9.86. The molecule has 1 aliphatic rings. The summed E-state index contributed by atoms with van der Waals surface area (Å²) in [5.41, 5.74) is 4.46. The first-order chi connectivity index (χ1) is 22.1. The molecule has 2 aromatic heterocycles. The molecule has 0 saturated heterocycles. The van der Waals surface area contributed by atoms with Crippen LogP contribution in [-0.4, -0.2) is 49.2 Å². The fourth-order valence-corrected chi connectivity index (χ4v) is 6.41. The van der Waals surface area contributed by atoms with Crippen LogP contribution < -0.4 is 35.6 Å². The van der Waals surface area contributed by atoms with E-state index in [1.807, 2.05) is 43.5 Å². The van der Waals surface area contributed by atoms with Crippen molar-refractivity contribution in [2.45, 2.75) is 45.7 Å². The lowest BCUT2D eigenvalue weighted by Gasteiger charge is -2.21. The molecule has 11 nitrogen and oxygen atoms in total. The van der Waals surface area contributed by atoms with Crippen molar-refractivity contribution >= 4 is 34.0 Å². The number of rotatable bonds is 10. The number of thiazole rings is 1. The van der Waals surface area contributed by atoms with Gasteiger partial charge in [-0.15, -0.1) is 11.3 Å². The molecular weight excluding hydrogens is 606 g/mol. The molecule has 0 fully saturated rings. The monoisotopic (exact) mass is 643 g/mol. The van der Waals surface area contributed by atoms with Crippen molar-refractivity contribution in [3.63, 3.8) is 0 Å². The van der Waals surface area contributed by atoms with Crippen LogP contribution in [0.1, 0.15) is 44.4 Å². The van der Waals surface area contributed by atoms with Gasteiger partial charge in [0.2, 0.25) is 23.0 Å². The third-order valence-corrected chi connectivity index (χ3v) is 8.63. The van der Waals surface area contributed by atoms with Crippen molar-refractivity contribution in [2.24, 2.45) is 5.92 Å². The predicted octanol–water partition coefficient (Wildman–Crippen LogP) is 5.46. The number of nitrogens with one attached hydrogen (secondary N) is 3. The van der Waals surface area contributed by atoms with Crippen molar-refractivity contribution in [2.75, 3.05) is 32.0 Å². The molecule has 2 aromatic carbocycles.